The summed E-state index contributed by atoms with van der Waals surface area (Å²) in [5.41, 5.74) is 4.64. The zero-order valence-electron chi connectivity index (χ0n) is 17.6. The van der Waals surface area contributed by atoms with E-state index in [-0.39, 0.29) is 0 Å². The number of guanidine groups is 1. The molecule has 31 heavy (non-hydrogen) atoms. The topological polar surface area (TPSA) is 70.1 Å². The van der Waals surface area contributed by atoms with E-state index >= 15 is 0 Å². The van der Waals surface area contributed by atoms with Crippen molar-refractivity contribution in [1.82, 2.24) is 24.3 Å². The van der Waals surface area contributed by atoms with Crippen LogP contribution in [0, 0.1) is 6.92 Å². The molecule has 0 spiro atoms. The standard InChI is InChI=1S/C22H25ClN6OS/c1-14-3-4-16(17(23)13-14)19-20(29-11-12-30-22(29)27-19)18-5-8-24-21(26-18)25-15-6-9-28(31-2)10-7-15/h3-5,11-13,15H,6-10H2,1-2H3,(H2,24,25,26). The molecule has 0 radical (unpaired) electrons. The van der Waals surface area contributed by atoms with Crippen LogP contribution in [0.15, 0.2) is 46.1 Å². The van der Waals surface area contributed by atoms with Crippen LogP contribution in [0.25, 0.3) is 22.8 Å². The van der Waals surface area contributed by atoms with Crippen molar-refractivity contribution in [2.24, 2.45) is 4.99 Å². The van der Waals surface area contributed by atoms with Gasteiger partial charge in [-0.05, 0) is 43.7 Å². The Labute approximate surface area is 190 Å². The number of rotatable bonds is 4. The summed E-state index contributed by atoms with van der Waals surface area (Å²) in [6.07, 6.45) is 9.93. The van der Waals surface area contributed by atoms with Crippen molar-refractivity contribution in [2.45, 2.75) is 25.8 Å². The molecule has 0 aliphatic carbocycles. The van der Waals surface area contributed by atoms with Crippen molar-refractivity contribution in [3.8, 4) is 11.3 Å². The number of nitrogens with zero attached hydrogens (tertiary/aromatic N) is 4. The number of imidazole rings is 1. The van der Waals surface area contributed by atoms with Crippen LogP contribution in [0.4, 0.5) is 0 Å². The molecule has 1 saturated heterocycles. The van der Waals surface area contributed by atoms with Crippen molar-refractivity contribution >= 4 is 41.0 Å². The Balaban J connectivity index is 1.42. The molecular weight excluding hydrogens is 432 g/mol. The molecule has 7 nitrogen and oxygen atoms in total. The van der Waals surface area contributed by atoms with E-state index in [0.29, 0.717) is 23.5 Å². The number of oxazole rings is 1. The normalized spacial score (nSPS) is 18.0. The van der Waals surface area contributed by atoms with Crippen molar-refractivity contribution in [1.29, 1.82) is 0 Å². The third-order valence-electron chi connectivity index (χ3n) is 5.75. The summed E-state index contributed by atoms with van der Waals surface area (Å²) < 4.78 is 9.94. The van der Waals surface area contributed by atoms with Crippen LogP contribution >= 0.6 is 23.5 Å². The van der Waals surface area contributed by atoms with E-state index in [2.05, 4.69) is 32.3 Å². The summed E-state index contributed by atoms with van der Waals surface area (Å²) in [5.74, 6) is 1.34. The third-order valence-corrected chi connectivity index (χ3v) is 6.94. The molecule has 0 amide bonds. The maximum atomic E-state index is 6.59. The molecule has 4 heterocycles. The van der Waals surface area contributed by atoms with Gasteiger partial charge in [0, 0.05) is 30.9 Å². The van der Waals surface area contributed by atoms with E-state index in [4.69, 9.17) is 21.0 Å². The first kappa shape index (κ1) is 20.5. The Bertz CT molecular complexity index is 1160. The maximum absolute atomic E-state index is 6.59. The Morgan fingerprint density at radius 3 is 2.90 bits per heavy atom. The number of hydrogen-bond acceptors (Lipinski definition) is 7. The molecule has 2 aliphatic heterocycles. The van der Waals surface area contributed by atoms with Crippen molar-refractivity contribution < 1.29 is 4.42 Å². The van der Waals surface area contributed by atoms with Gasteiger partial charge in [0.2, 0.25) is 0 Å². The van der Waals surface area contributed by atoms with E-state index in [9.17, 15) is 0 Å². The highest BCUT2D eigenvalue weighted by Crippen LogP contribution is 2.34. The molecule has 0 bridgehead atoms. The Kier molecular flexibility index (Phi) is 5.69. The van der Waals surface area contributed by atoms with E-state index in [1.165, 1.54) is 0 Å². The van der Waals surface area contributed by atoms with Crippen LogP contribution in [0.2, 0.25) is 5.02 Å². The van der Waals surface area contributed by atoms with Gasteiger partial charge in [-0.3, -0.25) is 8.71 Å². The summed E-state index contributed by atoms with van der Waals surface area (Å²) in [7, 11) is 0. The molecule has 0 saturated carbocycles. The fourth-order valence-electron chi connectivity index (χ4n) is 4.10. The fraction of sp³-hybridized carbons (Fsp3) is 0.364. The number of aliphatic imine (C=N–C) groups is 1. The van der Waals surface area contributed by atoms with Crippen LogP contribution < -0.4 is 10.6 Å². The average Bonchev–Trinajstić information content (AvgIpc) is 3.36. The molecule has 0 atom stereocenters. The summed E-state index contributed by atoms with van der Waals surface area (Å²) in [5, 5.41) is 7.76. The van der Waals surface area contributed by atoms with Gasteiger partial charge >= 0.3 is 5.84 Å². The number of hydrogen-bond donors (Lipinski definition) is 2. The highest BCUT2D eigenvalue weighted by atomic mass is 35.5. The number of aromatic nitrogens is 2. The minimum atomic E-state index is 0.416. The quantitative estimate of drug-likeness (QED) is 0.574. The summed E-state index contributed by atoms with van der Waals surface area (Å²) in [4.78, 5) is 9.37. The number of benzene rings is 1. The van der Waals surface area contributed by atoms with Crippen molar-refractivity contribution in [3.05, 3.63) is 53.0 Å². The van der Waals surface area contributed by atoms with Crippen LogP contribution in [0.5, 0.6) is 0 Å². The number of fused-ring (bicyclic) bond motifs is 1. The predicted molar refractivity (Wildman–Crippen MR) is 127 cm³/mol. The molecule has 162 valence electrons. The monoisotopic (exact) mass is 456 g/mol. The minimum Gasteiger partial charge on any atom is -0.432 e. The average molecular weight is 457 g/mol. The third kappa shape index (κ3) is 4.07. The molecule has 1 aromatic carbocycles. The van der Waals surface area contributed by atoms with Gasteiger partial charge in [-0.25, -0.2) is 4.99 Å². The second-order valence-corrected chi connectivity index (χ2v) is 9.10. The van der Waals surface area contributed by atoms with Gasteiger partial charge in [0.1, 0.15) is 12.0 Å². The lowest BCUT2D eigenvalue weighted by Gasteiger charge is -2.32. The SMILES string of the molecule is CSN1CCC(NC2=NCC=C(c3c(-c4ccc(C)cc4Cl)nc4occn34)N2)CC1. The van der Waals surface area contributed by atoms with Crippen LogP contribution in [0.3, 0.4) is 0 Å². The van der Waals surface area contributed by atoms with Gasteiger partial charge in [0.25, 0.3) is 0 Å². The van der Waals surface area contributed by atoms with Gasteiger partial charge in [-0.2, -0.15) is 4.98 Å². The lowest BCUT2D eigenvalue weighted by atomic mass is 10.1. The first-order valence-corrected chi connectivity index (χ1v) is 12.0. The fourth-order valence-corrected chi connectivity index (χ4v) is 5.00. The predicted octanol–water partition coefficient (Wildman–Crippen LogP) is 4.19. The Morgan fingerprint density at radius 2 is 2.13 bits per heavy atom. The highest BCUT2D eigenvalue weighted by Gasteiger charge is 2.25. The van der Waals surface area contributed by atoms with Gasteiger partial charge in [0.15, 0.2) is 5.96 Å². The number of halogens is 1. The zero-order chi connectivity index (χ0) is 21.4. The lowest BCUT2D eigenvalue weighted by molar-refractivity contribution is 0.330. The van der Waals surface area contributed by atoms with E-state index < -0.39 is 0 Å². The van der Waals surface area contributed by atoms with Crippen molar-refractivity contribution in [2.75, 3.05) is 25.9 Å². The second kappa shape index (κ2) is 8.61. The van der Waals surface area contributed by atoms with Gasteiger partial charge in [0.05, 0.1) is 23.0 Å². The van der Waals surface area contributed by atoms with Gasteiger partial charge in [-0.1, -0.05) is 35.7 Å². The summed E-state index contributed by atoms with van der Waals surface area (Å²) >= 11 is 8.41. The summed E-state index contributed by atoms with van der Waals surface area (Å²) in [6, 6.07) is 6.43. The Morgan fingerprint density at radius 1 is 1.29 bits per heavy atom. The molecule has 5 rings (SSSR count). The Hall–Kier alpha value is -2.42. The molecule has 1 fully saturated rings. The number of nitrogens with one attached hydrogen (secondary N) is 2. The smallest absolute Gasteiger partial charge is 0.306 e. The van der Waals surface area contributed by atoms with Crippen molar-refractivity contribution in [3.63, 3.8) is 0 Å². The summed E-state index contributed by atoms with van der Waals surface area (Å²) in [6.45, 7) is 4.80. The van der Waals surface area contributed by atoms with Gasteiger partial charge < -0.3 is 15.1 Å². The molecule has 3 aromatic rings. The number of aryl methyl sites for hydroxylation is 1. The molecular formula is C22H25ClN6OS. The lowest BCUT2D eigenvalue weighted by Crippen LogP contribution is -2.48. The first-order valence-electron chi connectivity index (χ1n) is 10.4. The largest absolute Gasteiger partial charge is 0.432 e. The van der Waals surface area contributed by atoms with Crippen LogP contribution in [0.1, 0.15) is 24.1 Å². The van der Waals surface area contributed by atoms with E-state index in [0.717, 1.165) is 60.1 Å². The van der Waals surface area contributed by atoms with Crippen LogP contribution in [-0.2, 0) is 0 Å². The molecule has 0 unspecified atom stereocenters. The number of piperidine rings is 1. The molecule has 9 heteroatoms. The molecule has 2 aliphatic rings. The maximum Gasteiger partial charge on any atom is 0.306 e. The minimum absolute atomic E-state index is 0.416. The zero-order valence-corrected chi connectivity index (χ0v) is 19.1. The molecule has 2 N–H and O–H groups in total. The molecule has 2 aromatic heterocycles. The van der Waals surface area contributed by atoms with Crippen LogP contribution in [-0.4, -0.2) is 51.6 Å². The van der Waals surface area contributed by atoms with E-state index in [1.807, 2.05) is 47.7 Å². The van der Waals surface area contributed by atoms with E-state index in [1.54, 1.807) is 6.26 Å². The van der Waals surface area contributed by atoms with Gasteiger partial charge in [-0.15, -0.1) is 0 Å². The first-order chi connectivity index (χ1) is 15.1. The highest BCUT2D eigenvalue weighted by molar-refractivity contribution is 7.96. The second-order valence-electron chi connectivity index (χ2n) is 7.81.